The molecular weight excluding hydrogens is 188 g/mol. The lowest BCUT2D eigenvalue weighted by atomic mass is 9.92. The van der Waals surface area contributed by atoms with Crippen LogP contribution in [0.1, 0.15) is 27.2 Å². The Bertz CT molecular complexity index is 353. The summed E-state index contributed by atoms with van der Waals surface area (Å²) in [5, 5.41) is 2.80. The third kappa shape index (κ3) is 4.02. The molecule has 0 heterocycles. The summed E-state index contributed by atoms with van der Waals surface area (Å²) in [5.41, 5.74) is 7.00. The molecule has 82 valence electrons. The topological polar surface area (TPSA) is 55.1 Å². The second-order valence-electron chi connectivity index (χ2n) is 4.87. The average Bonchev–Trinajstić information content (AvgIpc) is 2.05. The van der Waals surface area contributed by atoms with E-state index in [-0.39, 0.29) is 11.3 Å². The van der Waals surface area contributed by atoms with Crippen LogP contribution in [0.3, 0.4) is 0 Å². The number of hydrogen-bond donors (Lipinski definition) is 2. The summed E-state index contributed by atoms with van der Waals surface area (Å²) < 4.78 is 0. The zero-order valence-corrected chi connectivity index (χ0v) is 9.50. The molecule has 0 atom stereocenters. The molecule has 0 aliphatic heterocycles. The van der Waals surface area contributed by atoms with Crippen LogP contribution in [-0.2, 0) is 4.79 Å². The third-order valence-electron chi connectivity index (χ3n) is 1.93. The van der Waals surface area contributed by atoms with Gasteiger partial charge in [-0.05, 0) is 17.5 Å². The molecule has 0 aliphatic rings. The molecule has 0 aromatic heterocycles. The Morgan fingerprint density at radius 2 is 1.93 bits per heavy atom. The number of para-hydroxylation sites is 2. The molecule has 3 nitrogen and oxygen atoms in total. The van der Waals surface area contributed by atoms with Crippen molar-refractivity contribution >= 4 is 17.3 Å². The van der Waals surface area contributed by atoms with Crippen molar-refractivity contribution in [2.75, 3.05) is 11.1 Å². The van der Waals surface area contributed by atoms with Gasteiger partial charge in [-0.3, -0.25) is 4.79 Å². The largest absolute Gasteiger partial charge is 0.397 e. The number of carbonyl (C=O) groups excluding carboxylic acids is 1. The first kappa shape index (κ1) is 11.6. The van der Waals surface area contributed by atoms with Crippen molar-refractivity contribution in [2.24, 2.45) is 5.41 Å². The molecule has 0 unspecified atom stereocenters. The standard InChI is InChI=1S/C12H18N2O/c1-12(2,3)8-11(15)14-10-7-5-4-6-9(10)13/h4-7H,8,13H2,1-3H3,(H,14,15). The lowest BCUT2D eigenvalue weighted by Gasteiger charge is -2.17. The van der Waals surface area contributed by atoms with E-state index in [0.29, 0.717) is 17.8 Å². The third-order valence-corrected chi connectivity index (χ3v) is 1.93. The molecule has 1 rings (SSSR count). The van der Waals surface area contributed by atoms with Crippen LogP contribution in [0.2, 0.25) is 0 Å². The Labute approximate surface area is 90.7 Å². The number of benzene rings is 1. The summed E-state index contributed by atoms with van der Waals surface area (Å²) in [5.74, 6) is 0.000370. The number of nitrogens with one attached hydrogen (secondary N) is 1. The number of amides is 1. The van der Waals surface area contributed by atoms with Gasteiger partial charge in [-0.2, -0.15) is 0 Å². The van der Waals surface area contributed by atoms with Gasteiger partial charge in [0.25, 0.3) is 0 Å². The molecule has 0 radical (unpaired) electrons. The van der Waals surface area contributed by atoms with Gasteiger partial charge in [0.2, 0.25) is 5.91 Å². The Kier molecular flexibility index (Phi) is 3.35. The van der Waals surface area contributed by atoms with Gasteiger partial charge in [0, 0.05) is 6.42 Å². The first-order valence-corrected chi connectivity index (χ1v) is 5.03. The van der Waals surface area contributed by atoms with Crippen LogP contribution in [0.4, 0.5) is 11.4 Å². The molecule has 3 N–H and O–H groups in total. The lowest BCUT2D eigenvalue weighted by molar-refractivity contribution is -0.117. The second kappa shape index (κ2) is 4.34. The van der Waals surface area contributed by atoms with Gasteiger partial charge in [0.1, 0.15) is 0 Å². The van der Waals surface area contributed by atoms with E-state index < -0.39 is 0 Å². The maximum absolute atomic E-state index is 11.6. The molecule has 1 amide bonds. The van der Waals surface area contributed by atoms with Crippen LogP contribution in [-0.4, -0.2) is 5.91 Å². The van der Waals surface area contributed by atoms with E-state index in [0.717, 1.165) is 0 Å². The van der Waals surface area contributed by atoms with Crippen LogP contribution < -0.4 is 11.1 Å². The summed E-state index contributed by atoms with van der Waals surface area (Å²) in [6, 6.07) is 7.26. The van der Waals surface area contributed by atoms with E-state index in [1.165, 1.54) is 0 Å². The summed E-state index contributed by atoms with van der Waals surface area (Å²) in [6.45, 7) is 6.09. The Balaban J connectivity index is 2.64. The zero-order chi connectivity index (χ0) is 11.5. The highest BCUT2D eigenvalue weighted by Crippen LogP contribution is 2.21. The van der Waals surface area contributed by atoms with Gasteiger partial charge in [0.05, 0.1) is 11.4 Å². The molecule has 0 saturated heterocycles. The summed E-state index contributed by atoms with van der Waals surface area (Å²) in [6.07, 6.45) is 0.487. The predicted octanol–water partition coefficient (Wildman–Crippen LogP) is 2.64. The molecule has 1 aromatic rings. The molecular formula is C12H18N2O. The molecule has 0 bridgehead atoms. The summed E-state index contributed by atoms with van der Waals surface area (Å²) >= 11 is 0. The van der Waals surface area contributed by atoms with Crippen molar-refractivity contribution in [1.82, 2.24) is 0 Å². The second-order valence-corrected chi connectivity index (χ2v) is 4.87. The van der Waals surface area contributed by atoms with E-state index in [2.05, 4.69) is 5.32 Å². The monoisotopic (exact) mass is 206 g/mol. The van der Waals surface area contributed by atoms with Crippen molar-refractivity contribution in [2.45, 2.75) is 27.2 Å². The van der Waals surface area contributed by atoms with Gasteiger partial charge in [0.15, 0.2) is 0 Å². The molecule has 0 saturated carbocycles. The molecule has 3 heteroatoms. The van der Waals surface area contributed by atoms with Crippen molar-refractivity contribution in [3.8, 4) is 0 Å². The maximum Gasteiger partial charge on any atom is 0.224 e. The molecule has 0 spiro atoms. The van der Waals surface area contributed by atoms with Gasteiger partial charge in [-0.25, -0.2) is 0 Å². The number of nitrogens with two attached hydrogens (primary N) is 1. The zero-order valence-electron chi connectivity index (χ0n) is 9.50. The molecule has 15 heavy (non-hydrogen) atoms. The van der Waals surface area contributed by atoms with Crippen LogP contribution in [0.15, 0.2) is 24.3 Å². The summed E-state index contributed by atoms with van der Waals surface area (Å²) in [7, 11) is 0. The molecule has 1 aromatic carbocycles. The Morgan fingerprint density at radius 1 is 1.33 bits per heavy atom. The number of carbonyl (C=O) groups is 1. The van der Waals surface area contributed by atoms with Crippen LogP contribution in [0.25, 0.3) is 0 Å². The highest BCUT2D eigenvalue weighted by Gasteiger charge is 2.16. The average molecular weight is 206 g/mol. The van der Waals surface area contributed by atoms with E-state index in [9.17, 15) is 4.79 Å². The molecule has 0 fully saturated rings. The minimum absolute atomic E-state index is 0.000370. The van der Waals surface area contributed by atoms with Gasteiger partial charge in [-0.1, -0.05) is 32.9 Å². The van der Waals surface area contributed by atoms with Crippen molar-refractivity contribution in [1.29, 1.82) is 0 Å². The van der Waals surface area contributed by atoms with Gasteiger partial charge < -0.3 is 11.1 Å². The first-order valence-electron chi connectivity index (χ1n) is 5.03. The minimum atomic E-state index is -0.00632. The SMILES string of the molecule is CC(C)(C)CC(=O)Nc1ccccc1N. The quantitative estimate of drug-likeness (QED) is 0.731. The fourth-order valence-electron chi connectivity index (χ4n) is 1.29. The van der Waals surface area contributed by atoms with Crippen molar-refractivity contribution in [3.05, 3.63) is 24.3 Å². The lowest BCUT2D eigenvalue weighted by Crippen LogP contribution is -2.20. The number of anilines is 2. The van der Waals surface area contributed by atoms with Crippen LogP contribution >= 0.6 is 0 Å². The van der Waals surface area contributed by atoms with Crippen LogP contribution in [0.5, 0.6) is 0 Å². The Morgan fingerprint density at radius 3 is 2.47 bits per heavy atom. The smallest absolute Gasteiger partial charge is 0.224 e. The Hall–Kier alpha value is -1.51. The minimum Gasteiger partial charge on any atom is -0.397 e. The maximum atomic E-state index is 11.6. The fourth-order valence-corrected chi connectivity index (χ4v) is 1.29. The van der Waals surface area contributed by atoms with E-state index >= 15 is 0 Å². The highest BCUT2D eigenvalue weighted by atomic mass is 16.1. The number of rotatable bonds is 2. The van der Waals surface area contributed by atoms with E-state index in [4.69, 9.17) is 5.73 Å². The number of nitrogen functional groups attached to an aromatic ring is 1. The normalized spacial score (nSPS) is 11.1. The first-order chi connectivity index (χ1) is 6.88. The highest BCUT2D eigenvalue weighted by molar-refractivity contribution is 5.94. The molecule has 0 aliphatic carbocycles. The summed E-state index contributed by atoms with van der Waals surface area (Å²) in [4.78, 5) is 11.6. The number of hydrogen-bond acceptors (Lipinski definition) is 2. The van der Waals surface area contributed by atoms with Crippen molar-refractivity contribution < 1.29 is 4.79 Å². The fraction of sp³-hybridized carbons (Fsp3) is 0.417. The van der Waals surface area contributed by atoms with E-state index in [1.54, 1.807) is 12.1 Å². The van der Waals surface area contributed by atoms with E-state index in [1.807, 2.05) is 32.9 Å². The van der Waals surface area contributed by atoms with Gasteiger partial charge >= 0.3 is 0 Å². The van der Waals surface area contributed by atoms with Crippen molar-refractivity contribution in [3.63, 3.8) is 0 Å². The van der Waals surface area contributed by atoms with Gasteiger partial charge in [-0.15, -0.1) is 0 Å². The predicted molar refractivity (Wildman–Crippen MR) is 63.6 cm³/mol. The van der Waals surface area contributed by atoms with Crippen LogP contribution in [0, 0.1) is 5.41 Å².